The van der Waals surface area contributed by atoms with Gasteiger partial charge in [-0.25, -0.2) is 13.2 Å². The van der Waals surface area contributed by atoms with Crippen molar-refractivity contribution >= 4 is 33.4 Å². The summed E-state index contributed by atoms with van der Waals surface area (Å²) in [6.45, 7) is 2.82. The number of nitrogens with zero attached hydrogens (tertiary/aromatic N) is 1. The Hall–Kier alpha value is -2.79. The van der Waals surface area contributed by atoms with Crippen molar-refractivity contribution in [3.05, 3.63) is 35.9 Å². The summed E-state index contributed by atoms with van der Waals surface area (Å²) >= 11 is 0. The standard InChI is InChI=1S/C21H28N2O8S/c1-3-16(18(25)21(27)28)22-20(26)15(13-17(24)23-9-11-31-12-10-23)19(32(2,29)30)14-7-5-4-6-8-14/h4-8,15-16,19H,3,9-13H2,1-2H3,(H,22,26)(H,27,28)/t15?,16?,19-/m1/s1. The average Bonchev–Trinajstić information content (AvgIpc) is 2.76. The van der Waals surface area contributed by atoms with E-state index in [4.69, 9.17) is 9.84 Å². The zero-order valence-corrected chi connectivity index (χ0v) is 18.8. The summed E-state index contributed by atoms with van der Waals surface area (Å²) in [5.74, 6) is -5.57. The lowest BCUT2D eigenvalue weighted by Gasteiger charge is -2.31. The van der Waals surface area contributed by atoms with Gasteiger partial charge in [-0.1, -0.05) is 37.3 Å². The van der Waals surface area contributed by atoms with Crippen molar-refractivity contribution in [1.82, 2.24) is 10.2 Å². The molecular formula is C21H28N2O8S. The minimum Gasteiger partial charge on any atom is -0.475 e. The summed E-state index contributed by atoms with van der Waals surface area (Å²) in [6.07, 6.45) is 0.551. The third-order valence-corrected chi connectivity index (χ3v) is 6.83. The van der Waals surface area contributed by atoms with Gasteiger partial charge in [0.15, 0.2) is 9.84 Å². The Bertz CT molecular complexity index is 942. The fraction of sp³-hybridized carbons (Fsp3) is 0.524. The first-order valence-corrected chi connectivity index (χ1v) is 12.2. The molecule has 3 atom stereocenters. The van der Waals surface area contributed by atoms with Gasteiger partial charge < -0.3 is 20.1 Å². The molecule has 0 bridgehead atoms. The van der Waals surface area contributed by atoms with Gasteiger partial charge in [-0.2, -0.15) is 0 Å². The number of Topliss-reactive ketones (excluding diaryl/α,β-unsaturated/α-hetero) is 1. The van der Waals surface area contributed by atoms with E-state index in [-0.39, 0.29) is 6.42 Å². The molecule has 1 aromatic rings. The van der Waals surface area contributed by atoms with Crippen LogP contribution in [0.15, 0.2) is 30.3 Å². The van der Waals surface area contributed by atoms with Crippen molar-refractivity contribution in [1.29, 1.82) is 0 Å². The monoisotopic (exact) mass is 468 g/mol. The van der Waals surface area contributed by atoms with Gasteiger partial charge in [0.1, 0.15) is 0 Å². The number of benzene rings is 1. The van der Waals surface area contributed by atoms with Gasteiger partial charge >= 0.3 is 5.97 Å². The van der Waals surface area contributed by atoms with Gasteiger partial charge in [-0.05, 0) is 12.0 Å². The predicted octanol–water partition coefficient (Wildman–Crippen LogP) is 0.186. The SMILES string of the molecule is CCC(NC(=O)C(CC(=O)N1CCOCC1)[C@@H](c1ccccc1)S(C)(=O)=O)C(=O)C(=O)O. The minimum absolute atomic E-state index is 0.00409. The first-order chi connectivity index (χ1) is 15.1. The fourth-order valence-electron chi connectivity index (χ4n) is 3.67. The van der Waals surface area contributed by atoms with Crippen LogP contribution in [0, 0.1) is 5.92 Å². The number of amides is 2. The molecule has 0 saturated carbocycles. The van der Waals surface area contributed by atoms with Crippen LogP contribution in [-0.4, -0.2) is 80.6 Å². The number of carbonyl (C=O) groups is 4. The number of rotatable bonds is 10. The molecule has 0 aromatic heterocycles. The molecule has 1 aromatic carbocycles. The van der Waals surface area contributed by atoms with Crippen molar-refractivity contribution < 1.29 is 37.4 Å². The molecule has 10 nitrogen and oxygen atoms in total. The molecule has 2 rings (SSSR count). The van der Waals surface area contributed by atoms with E-state index >= 15 is 0 Å². The van der Waals surface area contributed by atoms with Gasteiger partial charge in [0.2, 0.25) is 11.8 Å². The summed E-state index contributed by atoms with van der Waals surface area (Å²) < 4.78 is 30.7. The van der Waals surface area contributed by atoms with E-state index in [2.05, 4.69) is 5.32 Å². The summed E-state index contributed by atoms with van der Waals surface area (Å²) in [6, 6.07) is 6.69. The number of ketones is 1. The maximum absolute atomic E-state index is 13.2. The van der Waals surface area contributed by atoms with Crippen molar-refractivity contribution in [3.63, 3.8) is 0 Å². The van der Waals surface area contributed by atoms with Gasteiger partial charge in [0, 0.05) is 25.8 Å². The molecule has 2 N–H and O–H groups in total. The Balaban J connectivity index is 2.42. The van der Waals surface area contributed by atoms with E-state index in [0.717, 1.165) is 6.26 Å². The zero-order valence-electron chi connectivity index (χ0n) is 18.0. The number of nitrogens with one attached hydrogen (secondary N) is 1. The van der Waals surface area contributed by atoms with Crippen LogP contribution >= 0.6 is 0 Å². The van der Waals surface area contributed by atoms with Gasteiger partial charge in [0.05, 0.1) is 30.4 Å². The highest BCUT2D eigenvalue weighted by atomic mass is 32.2. The molecule has 1 fully saturated rings. The lowest BCUT2D eigenvalue weighted by atomic mass is 9.93. The van der Waals surface area contributed by atoms with E-state index in [1.165, 1.54) is 11.8 Å². The Labute approximate surface area is 186 Å². The molecule has 0 spiro atoms. The number of sulfone groups is 1. The van der Waals surface area contributed by atoms with Crippen LogP contribution in [0.5, 0.6) is 0 Å². The smallest absolute Gasteiger partial charge is 0.374 e. The van der Waals surface area contributed by atoms with E-state index in [1.54, 1.807) is 30.3 Å². The number of carbonyl (C=O) groups excluding carboxylic acids is 3. The second kappa shape index (κ2) is 11.2. The number of hydrogen-bond donors (Lipinski definition) is 2. The number of morpholine rings is 1. The molecular weight excluding hydrogens is 440 g/mol. The summed E-state index contributed by atoms with van der Waals surface area (Å²) in [7, 11) is -3.88. The molecule has 2 unspecified atom stereocenters. The van der Waals surface area contributed by atoms with E-state index in [1.807, 2.05) is 0 Å². The first kappa shape index (κ1) is 25.5. The normalized spacial score (nSPS) is 17.1. The molecule has 0 aliphatic carbocycles. The first-order valence-electron chi connectivity index (χ1n) is 10.2. The van der Waals surface area contributed by atoms with E-state index < -0.39 is 57.0 Å². The number of ether oxygens (including phenoxy) is 1. The second-order valence-electron chi connectivity index (χ2n) is 7.60. The molecule has 11 heteroatoms. The maximum atomic E-state index is 13.2. The predicted molar refractivity (Wildman–Crippen MR) is 114 cm³/mol. The van der Waals surface area contributed by atoms with E-state index in [9.17, 15) is 27.6 Å². The fourth-order valence-corrected chi connectivity index (χ4v) is 5.14. The van der Waals surface area contributed by atoms with Crippen LogP contribution in [0.4, 0.5) is 0 Å². The summed E-state index contributed by atoms with van der Waals surface area (Å²) in [5, 5.41) is 9.99. The van der Waals surface area contributed by atoms with Crippen molar-refractivity contribution in [3.8, 4) is 0 Å². The third-order valence-electron chi connectivity index (χ3n) is 5.30. The topological polar surface area (TPSA) is 147 Å². The molecule has 0 radical (unpaired) electrons. The van der Waals surface area contributed by atoms with Crippen LogP contribution in [-0.2, 0) is 33.8 Å². The number of carboxylic acids is 1. The molecule has 176 valence electrons. The zero-order chi connectivity index (χ0) is 23.9. The van der Waals surface area contributed by atoms with Gasteiger partial charge in [0.25, 0.3) is 5.78 Å². The van der Waals surface area contributed by atoms with Crippen LogP contribution in [0.2, 0.25) is 0 Å². The summed E-state index contributed by atoms with van der Waals surface area (Å²) in [5.41, 5.74) is 0.322. The van der Waals surface area contributed by atoms with Crippen LogP contribution in [0.25, 0.3) is 0 Å². The van der Waals surface area contributed by atoms with Crippen LogP contribution in [0.1, 0.15) is 30.6 Å². The lowest BCUT2D eigenvalue weighted by Crippen LogP contribution is -2.49. The highest BCUT2D eigenvalue weighted by Gasteiger charge is 2.40. The number of hydrogen-bond acceptors (Lipinski definition) is 7. The Morgan fingerprint density at radius 1 is 1.12 bits per heavy atom. The van der Waals surface area contributed by atoms with Gasteiger partial charge in [-0.15, -0.1) is 0 Å². The molecule has 1 aliphatic rings. The number of aliphatic carboxylic acids is 1. The second-order valence-corrected chi connectivity index (χ2v) is 9.77. The minimum atomic E-state index is -3.88. The largest absolute Gasteiger partial charge is 0.475 e. The Morgan fingerprint density at radius 3 is 2.22 bits per heavy atom. The van der Waals surface area contributed by atoms with Gasteiger partial charge in [-0.3, -0.25) is 14.4 Å². The maximum Gasteiger partial charge on any atom is 0.374 e. The highest BCUT2D eigenvalue weighted by Crippen LogP contribution is 2.33. The molecule has 32 heavy (non-hydrogen) atoms. The molecule has 1 heterocycles. The molecule has 2 amide bonds. The highest BCUT2D eigenvalue weighted by molar-refractivity contribution is 7.91. The number of carboxylic acid groups (broad SMARTS) is 1. The molecule has 1 aliphatic heterocycles. The van der Waals surface area contributed by atoms with Crippen molar-refractivity contribution in [2.45, 2.75) is 31.1 Å². The Morgan fingerprint density at radius 2 is 1.72 bits per heavy atom. The Kier molecular flexibility index (Phi) is 8.90. The molecule has 1 saturated heterocycles. The third kappa shape index (κ3) is 6.60. The lowest BCUT2D eigenvalue weighted by molar-refractivity contribution is -0.150. The van der Waals surface area contributed by atoms with Crippen molar-refractivity contribution in [2.24, 2.45) is 5.92 Å². The van der Waals surface area contributed by atoms with Crippen LogP contribution < -0.4 is 5.32 Å². The quantitative estimate of drug-likeness (QED) is 0.463. The van der Waals surface area contributed by atoms with Crippen molar-refractivity contribution in [2.75, 3.05) is 32.6 Å². The van der Waals surface area contributed by atoms with E-state index in [0.29, 0.717) is 31.9 Å². The summed E-state index contributed by atoms with van der Waals surface area (Å²) in [4.78, 5) is 50.6. The average molecular weight is 469 g/mol. The van der Waals surface area contributed by atoms with Crippen LogP contribution in [0.3, 0.4) is 0 Å².